The van der Waals surface area contributed by atoms with Gasteiger partial charge >= 0.3 is 6.18 Å². The van der Waals surface area contributed by atoms with Crippen molar-refractivity contribution in [3.63, 3.8) is 0 Å². The number of methoxy groups -OCH3 is 1. The van der Waals surface area contributed by atoms with Gasteiger partial charge in [-0.1, -0.05) is 19.9 Å². The van der Waals surface area contributed by atoms with E-state index >= 15 is 0 Å². The second-order valence-electron chi connectivity index (χ2n) is 12.2. The van der Waals surface area contributed by atoms with Gasteiger partial charge in [-0.25, -0.2) is 9.07 Å². The van der Waals surface area contributed by atoms with Crippen LogP contribution in [0, 0.1) is 12.7 Å². The van der Waals surface area contributed by atoms with Crippen molar-refractivity contribution < 1.29 is 41.8 Å². The number of anilines is 1. The van der Waals surface area contributed by atoms with Crippen LogP contribution in [-0.2, 0) is 15.0 Å². The first kappa shape index (κ1) is 35.7. The molecule has 0 bridgehead atoms. The van der Waals surface area contributed by atoms with Crippen molar-refractivity contribution in [2.75, 3.05) is 19.0 Å². The van der Waals surface area contributed by atoms with Crippen molar-refractivity contribution in [1.82, 2.24) is 15.1 Å². The molecule has 2 atom stereocenters. The summed E-state index contributed by atoms with van der Waals surface area (Å²) in [6.45, 7) is 3.72. The van der Waals surface area contributed by atoms with Gasteiger partial charge in [0.05, 0.1) is 37.5 Å². The number of nitrogens with one attached hydrogen (secondary N) is 2. The summed E-state index contributed by atoms with van der Waals surface area (Å²) in [5.41, 5.74) is 7.84. The second kappa shape index (κ2) is 13.5. The van der Waals surface area contributed by atoms with E-state index in [9.17, 15) is 37.1 Å². The van der Waals surface area contributed by atoms with Crippen LogP contribution in [0.5, 0.6) is 5.75 Å². The predicted octanol–water partition coefficient (Wildman–Crippen LogP) is 4.01. The fraction of sp³-hybridized carbons (Fsp3) is 0.333. The van der Waals surface area contributed by atoms with Gasteiger partial charge in [-0.15, -0.1) is 0 Å². The van der Waals surface area contributed by atoms with Gasteiger partial charge in [0.15, 0.2) is 5.60 Å². The third kappa shape index (κ3) is 7.68. The molecule has 0 spiro atoms. The first-order chi connectivity index (χ1) is 22.3. The Labute approximate surface area is 273 Å². The van der Waals surface area contributed by atoms with Crippen LogP contribution in [0.4, 0.5) is 23.2 Å². The molecule has 1 aromatic heterocycles. The molecule has 0 saturated heterocycles. The van der Waals surface area contributed by atoms with E-state index in [0.717, 1.165) is 12.1 Å². The molecule has 4 aromatic rings. The van der Waals surface area contributed by atoms with E-state index in [1.54, 1.807) is 31.2 Å². The minimum Gasteiger partial charge on any atom is -0.496 e. The lowest BCUT2D eigenvalue weighted by Crippen LogP contribution is -2.53. The Morgan fingerprint density at radius 1 is 1.06 bits per heavy atom. The average Bonchev–Trinajstić information content (AvgIpc) is 3.42. The lowest BCUT2D eigenvalue weighted by molar-refractivity contribution is -0.260. The maximum atomic E-state index is 14.5. The van der Waals surface area contributed by atoms with E-state index in [0.29, 0.717) is 22.2 Å². The van der Waals surface area contributed by atoms with Gasteiger partial charge in [0.25, 0.3) is 5.91 Å². The largest absolute Gasteiger partial charge is 0.496 e. The topological polar surface area (TPSA) is 175 Å². The number of aromatic nitrogens is 2. The van der Waals surface area contributed by atoms with E-state index in [1.165, 1.54) is 50.0 Å². The molecule has 0 radical (unpaired) electrons. The molecule has 48 heavy (non-hydrogen) atoms. The van der Waals surface area contributed by atoms with Crippen molar-refractivity contribution in [3.8, 4) is 11.4 Å². The Kier molecular flexibility index (Phi) is 10.0. The minimum absolute atomic E-state index is 0.102. The zero-order valence-electron chi connectivity index (χ0n) is 26.6. The van der Waals surface area contributed by atoms with Crippen molar-refractivity contribution in [2.24, 2.45) is 11.5 Å². The molecule has 0 saturated carbocycles. The second-order valence-corrected chi connectivity index (χ2v) is 12.2. The zero-order valence-corrected chi connectivity index (χ0v) is 26.6. The Bertz CT molecular complexity index is 1860. The zero-order chi connectivity index (χ0) is 35.6. The third-order valence-corrected chi connectivity index (χ3v) is 7.96. The summed E-state index contributed by atoms with van der Waals surface area (Å²) in [6.07, 6.45) is -4.96. The molecule has 256 valence electrons. The summed E-state index contributed by atoms with van der Waals surface area (Å²) < 4.78 is 64.4. The highest BCUT2D eigenvalue weighted by molar-refractivity contribution is 5.99. The van der Waals surface area contributed by atoms with Gasteiger partial charge in [-0.05, 0) is 72.9 Å². The fourth-order valence-electron chi connectivity index (χ4n) is 5.60. The number of carbonyl (C=O) groups is 3. The number of fused-ring (bicyclic) bond motifs is 1. The van der Waals surface area contributed by atoms with Crippen LogP contribution in [0.1, 0.15) is 48.2 Å². The van der Waals surface area contributed by atoms with Crippen LogP contribution in [0.15, 0.2) is 60.8 Å². The molecule has 1 unspecified atom stereocenters. The Balaban J connectivity index is 1.65. The van der Waals surface area contributed by atoms with E-state index in [-0.39, 0.29) is 22.6 Å². The summed E-state index contributed by atoms with van der Waals surface area (Å²) in [5.74, 6) is -2.95. The van der Waals surface area contributed by atoms with Gasteiger partial charge in [-0.2, -0.15) is 18.3 Å². The van der Waals surface area contributed by atoms with E-state index < -0.39 is 66.2 Å². The van der Waals surface area contributed by atoms with Crippen molar-refractivity contribution in [2.45, 2.75) is 56.8 Å². The number of alkyl halides is 3. The minimum atomic E-state index is -5.07. The quantitative estimate of drug-likeness (QED) is 0.133. The number of aliphatic hydroxyl groups is 1. The highest BCUT2D eigenvalue weighted by Gasteiger charge is 2.56. The van der Waals surface area contributed by atoms with Crippen molar-refractivity contribution in [1.29, 1.82) is 0 Å². The molecule has 3 amide bonds. The summed E-state index contributed by atoms with van der Waals surface area (Å²) in [6, 6.07) is 11.7. The van der Waals surface area contributed by atoms with Gasteiger partial charge in [0.1, 0.15) is 17.6 Å². The van der Waals surface area contributed by atoms with Crippen molar-refractivity contribution >= 4 is 34.3 Å². The highest BCUT2D eigenvalue weighted by Crippen LogP contribution is 2.44. The summed E-state index contributed by atoms with van der Waals surface area (Å²) >= 11 is 0. The van der Waals surface area contributed by atoms with Crippen LogP contribution in [0.2, 0.25) is 0 Å². The van der Waals surface area contributed by atoms with Crippen LogP contribution in [-0.4, -0.2) is 64.1 Å². The molecule has 0 aliphatic carbocycles. The molecular weight excluding hydrogens is 636 g/mol. The van der Waals surface area contributed by atoms with Crippen LogP contribution < -0.4 is 26.8 Å². The number of aryl methyl sites for hydroxylation is 1. The first-order valence-corrected chi connectivity index (χ1v) is 14.7. The molecule has 0 aliphatic rings. The fourth-order valence-corrected chi connectivity index (χ4v) is 5.60. The van der Waals surface area contributed by atoms with Crippen LogP contribution >= 0.6 is 0 Å². The maximum Gasteiger partial charge on any atom is 0.418 e. The lowest BCUT2D eigenvalue weighted by Gasteiger charge is -2.38. The Morgan fingerprint density at radius 2 is 1.77 bits per heavy atom. The third-order valence-electron chi connectivity index (χ3n) is 7.96. The number of benzene rings is 3. The number of amides is 3. The SMILES string of the molecule is COc1ccc(F)cc1C(C)(C)CC(O)(CNc1cc(C)cc2c1cnn2-c1cccc(C(=O)N[C@@H](CC(N)=O)C(N)=O)c1)C(F)(F)F. The number of hydrogen-bond donors (Lipinski definition) is 5. The van der Waals surface area contributed by atoms with Gasteiger partial charge in [0, 0.05) is 22.2 Å². The highest BCUT2D eigenvalue weighted by atomic mass is 19.4. The van der Waals surface area contributed by atoms with E-state index in [1.807, 2.05) is 0 Å². The molecule has 3 aromatic carbocycles. The number of ether oxygens (including phenoxy) is 1. The monoisotopic (exact) mass is 672 g/mol. The smallest absolute Gasteiger partial charge is 0.418 e. The van der Waals surface area contributed by atoms with E-state index in [4.69, 9.17) is 16.2 Å². The Morgan fingerprint density at radius 3 is 2.40 bits per heavy atom. The maximum absolute atomic E-state index is 14.5. The Hall–Kier alpha value is -5.18. The molecule has 0 fully saturated rings. The van der Waals surface area contributed by atoms with Crippen LogP contribution in [0.3, 0.4) is 0 Å². The average molecular weight is 673 g/mol. The summed E-state index contributed by atoms with van der Waals surface area (Å²) in [7, 11) is 1.32. The van der Waals surface area contributed by atoms with Crippen molar-refractivity contribution in [3.05, 3.63) is 83.3 Å². The standard InChI is InChI=1S/C33H36F4N6O5/c1-18-10-24(40-17-32(47,33(35,36)37)16-31(2,3)23-13-20(34)8-9-27(23)48-4)22-15-41-43(26(22)11-18)21-7-5-6-19(12-21)30(46)42-25(29(39)45)14-28(38)44/h5-13,15,25,40,47H,14,16-17H2,1-4H3,(H2,38,44)(H2,39,45)(H,42,46)/t25-,32?/m0/s1. The first-order valence-electron chi connectivity index (χ1n) is 14.7. The van der Waals surface area contributed by atoms with Gasteiger partial charge in [0.2, 0.25) is 11.8 Å². The number of carbonyl (C=O) groups excluding carboxylic acids is 3. The van der Waals surface area contributed by atoms with E-state index in [2.05, 4.69) is 15.7 Å². The molecular formula is C33H36F4N6O5. The number of rotatable bonds is 13. The molecule has 7 N–H and O–H groups in total. The summed E-state index contributed by atoms with van der Waals surface area (Å²) in [4.78, 5) is 35.9. The number of halogens is 4. The van der Waals surface area contributed by atoms with Gasteiger partial charge in [-0.3, -0.25) is 14.4 Å². The number of nitrogens with zero attached hydrogens (tertiary/aromatic N) is 2. The molecule has 4 rings (SSSR count). The number of hydrogen-bond acceptors (Lipinski definition) is 7. The molecule has 11 nitrogen and oxygen atoms in total. The molecule has 1 heterocycles. The van der Waals surface area contributed by atoms with Crippen LogP contribution in [0.25, 0.3) is 16.6 Å². The molecule has 15 heteroatoms. The molecule has 0 aliphatic heterocycles. The number of primary amides is 2. The number of nitrogens with two attached hydrogens (primary N) is 2. The normalized spacial score (nSPS) is 13.9. The predicted molar refractivity (Wildman–Crippen MR) is 170 cm³/mol. The summed E-state index contributed by atoms with van der Waals surface area (Å²) in [5, 5.41) is 21.1. The lowest BCUT2D eigenvalue weighted by atomic mass is 9.74. The van der Waals surface area contributed by atoms with Gasteiger partial charge < -0.3 is 31.9 Å².